The molecule has 0 amide bonds. The number of pyridine rings is 1. The number of halogens is 2. The van der Waals surface area contributed by atoms with E-state index in [1.165, 1.54) is 18.2 Å². The van der Waals surface area contributed by atoms with Gasteiger partial charge in [0.25, 0.3) is 0 Å². The maximum absolute atomic E-state index is 14.4. The Morgan fingerprint density at radius 1 is 0.725 bits per heavy atom. The summed E-state index contributed by atoms with van der Waals surface area (Å²) in [5, 5.41) is 16.9. The molecule has 7 heteroatoms. The number of nitrogens with zero attached hydrogens (tertiary/aromatic N) is 2. The Labute approximate surface area is 309 Å². The second-order valence-corrected chi connectivity index (χ2v) is 14.8. The van der Waals surface area contributed by atoms with Crippen molar-refractivity contribution in [3.63, 3.8) is 0 Å². The van der Waals surface area contributed by atoms with Crippen molar-refractivity contribution in [3.05, 3.63) is 133 Å². The molecule has 0 saturated carbocycles. The summed E-state index contributed by atoms with van der Waals surface area (Å²) in [5.41, 5.74) is 3.97. The van der Waals surface area contributed by atoms with E-state index in [4.69, 9.17) is 4.98 Å². The fourth-order valence-corrected chi connectivity index (χ4v) is 6.31. The number of benzene rings is 6. The van der Waals surface area contributed by atoms with Crippen LogP contribution in [-0.4, -0.2) is 15.9 Å². The van der Waals surface area contributed by atoms with E-state index in [1.54, 1.807) is 0 Å². The van der Waals surface area contributed by atoms with E-state index in [1.807, 2.05) is 96.3 Å². The van der Waals surface area contributed by atoms with E-state index < -0.39 is 17.0 Å². The first kappa shape index (κ1) is 35.8. The van der Waals surface area contributed by atoms with Gasteiger partial charge >= 0.3 is 0 Å². The molecule has 8 rings (SSSR count). The fraction of sp³-hybridized carbons (Fsp3) is 0.182. The molecule has 51 heavy (non-hydrogen) atoms. The quantitative estimate of drug-likeness (QED) is 0.0814. The summed E-state index contributed by atoms with van der Waals surface area (Å²) >= 11 is 0. The largest absolute Gasteiger partial charge is 0.512 e. The van der Waals surface area contributed by atoms with Gasteiger partial charge in [0.2, 0.25) is 0 Å². The number of fused-ring (bicyclic) bond motifs is 7. The molecule has 0 atom stereocenters. The van der Waals surface area contributed by atoms with E-state index in [0.29, 0.717) is 10.8 Å². The number of aromatic nitrogens is 1. The predicted molar refractivity (Wildman–Crippen MR) is 201 cm³/mol. The van der Waals surface area contributed by atoms with Gasteiger partial charge in [0, 0.05) is 60.3 Å². The molecule has 6 aromatic carbocycles. The molecule has 1 N–H and O–H groups in total. The van der Waals surface area contributed by atoms with Crippen molar-refractivity contribution in [2.24, 2.45) is 10.8 Å². The van der Waals surface area contributed by atoms with Crippen LogP contribution in [0, 0.1) is 28.5 Å². The summed E-state index contributed by atoms with van der Waals surface area (Å²) in [6, 6.07) is 34.7. The maximum Gasteiger partial charge on any atom is 0.164 e. The van der Waals surface area contributed by atoms with E-state index in [0.717, 1.165) is 60.6 Å². The Morgan fingerprint density at radius 2 is 1.41 bits per heavy atom. The molecule has 0 spiro atoms. The van der Waals surface area contributed by atoms with Crippen molar-refractivity contribution in [2.45, 2.75) is 41.5 Å². The molecular weight excluding hydrogens is 819 g/mol. The first-order valence-corrected chi connectivity index (χ1v) is 16.6. The van der Waals surface area contributed by atoms with Crippen LogP contribution in [0.2, 0.25) is 0 Å². The molecule has 259 valence electrons. The van der Waals surface area contributed by atoms with E-state index >= 15 is 0 Å². The molecule has 1 radical (unpaired) electrons. The molecule has 0 saturated heterocycles. The second kappa shape index (κ2) is 13.3. The van der Waals surface area contributed by atoms with E-state index in [9.17, 15) is 18.7 Å². The Kier molecular flexibility index (Phi) is 9.34. The van der Waals surface area contributed by atoms with Gasteiger partial charge in [-0.1, -0.05) is 107 Å². The molecular formula is C44H37F2IrN2O2-. The first-order valence-electron chi connectivity index (χ1n) is 16.6. The Morgan fingerprint density at radius 3 is 2.12 bits per heavy atom. The van der Waals surface area contributed by atoms with Crippen LogP contribution in [0.25, 0.3) is 54.3 Å². The summed E-state index contributed by atoms with van der Waals surface area (Å²) in [6.45, 7) is 11.1. The summed E-state index contributed by atoms with van der Waals surface area (Å²) in [5.74, 6) is -1.59. The zero-order chi connectivity index (χ0) is 35.5. The van der Waals surface area contributed by atoms with Crippen LogP contribution in [0.3, 0.4) is 0 Å². The number of anilines is 3. The van der Waals surface area contributed by atoms with Gasteiger partial charge in [-0.3, -0.25) is 9.78 Å². The summed E-state index contributed by atoms with van der Waals surface area (Å²) in [4.78, 5) is 18.6. The van der Waals surface area contributed by atoms with Crippen LogP contribution in [0.1, 0.15) is 41.5 Å². The van der Waals surface area contributed by atoms with Gasteiger partial charge < -0.3 is 10.0 Å². The zero-order valence-electron chi connectivity index (χ0n) is 29.2. The fourth-order valence-electron chi connectivity index (χ4n) is 6.31. The minimum absolute atomic E-state index is 0. The topological polar surface area (TPSA) is 53.4 Å². The number of allylic oxidation sites excluding steroid dienone is 2. The maximum atomic E-state index is 14.4. The SMILES string of the molecule is CC(C)(C)C(=O)/C=C(\O)C(C)(C)C.Fc1cc2ccc3c4ccnc5c4c(cc3c2cc1F)N(c1ccccc1)c1cc2ccccc2[c-]c1-5.[Ir]. The molecule has 0 unspecified atom stereocenters. The normalized spacial score (nSPS) is 12.8. The minimum atomic E-state index is -0.851. The van der Waals surface area contributed by atoms with Crippen LogP contribution in [0.15, 0.2) is 115 Å². The standard InChI is InChI=1S/C33H17F2N2.C11H20O2.Ir/c34-28-15-21-10-11-23-24-12-13-36-33-27-14-19-6-4-5-7-20(19)16-30(27)37(22-8-2-1-3-9-22)31(32(24)33)18-26(23)25(21)17-29(28)35;1-10(2,3)8(12)7-9(13)11(4,5)6;/h1-13,15-18H;7,12H,1-6H3;/q-1;;/b;8-7-;. The molecule has 2 heterocycles. The van der Waals surface area contributed by atoms with Crippen molar-refractivity contribution in [1.82, 2.24) is 4.98 Å². The van der Waals surface area contributed by atoms with Crippen molar-refractivity contribution in [1.29, 1.82) is 0 Å². The Balaban J connectivity index is 0.000000277. The molecule has 0 aliphatic carbocycles. The molecule has 1 aliphatic heterocycles. The van der Waals surface area contributed by atoms with Gasteiger partial charge in [-0.2, -0.15) is 0 Å². The van der Waals surface area contributed by atoms with Gasteiger partial charge in [0.1, 0.15) is 5.76 Å². The van der Waals surface area contributed by atoms with Crippen molar-refractivity contribution in [3.8, 4) is 11.3 Å². The van der Waals surface area contributed by atoms with Crippen LogP contribution in [0.4, 0.5) is 25.8 Å². The average Bonchev–Trinajstić information content (AvgIpc) is 3.08. The summed E-state index contributed by atoms with van der Waals surface area (Å²) < 4.78 is 28.5. The number of carbonyl (C=O) groups excluding carboxylic acids is 1. The van der Waals surface area contributed by atoms with Crippen LogP contribution in [0.5, 0.6) is 0 Å². The van der Waals surface area contributed by atoms with Gasteiger partial charge in [-0.25, -0.2) is 8.78 Å². The predicted octanol–water partition coefficient (Wildman–Crippen LogP) is 12.3. The number of para-hydroxylation sites is 1. The van der Waals surface area contributed by atoms with Crippen molar-refractivity contribution in [2.75, 3.05) is 4.90 Å². The van der Waals surface area contributed by atoms with Gasteiger partial charge in [0.15, 0.2) is 17.4 Å². The Bertz CT molecular complexity index is 2520. The third-order valence-corrected chi connectivity index (χ3v) is 9.16. The molecule has 4 nitrogen and oxygen atoms in total. The van der Waals surface area contributed by atoms with E-state index in [-0.39, 0.29) is 37.1 Å². The monoisotopic (exact) mass is 856 g/mol. The zero-order valence-corrected chi connectivity index (χ0v) is 31.6. The van der Waals surface area contributed by atoms with Gasteiger partial charge in [-0.05, 0) is 74.4 Å². The second-order valence-electron chi connectivity index (χ2n) is 14.8. The summed E-state index contributed by atoms with van der Waals surface area (Å²) in [7, 11) is 0. The number of carbonyl (C=O) groups is 1. The number of rotatable bonds is 2. The van der Waals surface area contributed by atoms with Gasteiger partial charge in [0.05, 0.1) is 0 Å². The van der Waals surface area contributed by atoms with Gasteiger partial charge in [-0.15, -0.1) is 17.5 Å². The van der Waals surface area contributed by atoms with Crippen LogP contribution < -0.4 is 4.90 Å². The Hall–Kier alpha value is -4.97. The third kappa shape index (κ3) is 6.53. The number of ketones is 1. The number of aliphatic hydroxyl groups excluding tert-OH is 1. The molecule has 0 bridgehead atoms. The first-order chi connectivity index (χ1) is 23.7. The molecule has 0 fully saturated rings. The number of aliphatic hydroxyl groups is 1. The molecule has 7 aromatic rings. The van der Waals surface area contributed by atoms with Crippen LogP contribution >= 0.6 is 0 Å². The third-order valence-electron chi connectivity index (χ3n) is 9.16. The smallest absolute Gasteiger partial charge is 0.164 e. The minimum Gasteiger partial charge on any atom is -0.512 e. The van der Waals surface area contributed by atoms with E-state index in [2.05, 4.69) is 47.4 Å². The average molecular weight is 856 g/mol. The summed E-state index contributed by atoms with van der Waals surface area (Å²) in [6.07, 6.45) is 3.15. The van der Waals surface area contributed by atoms with Crippen LogP contribution in [-0.2, 0) is 24.9 Å². The molecule has 1 aliphatic rings. The number of hydrogen-bond acceptors (Lipinski definition) is 4. The molecule has 1 aromatic heterocycles. The van der Waals surface area contributed by atoms with Crippen molar-refractivity contribution >= 4 is 65.9 Å². The van der Waals surface area contributed by atoms with Crippen molar-refractivity contribution < 1.29 is 38.8 Å². The number of hydrogen-bond donors (Lipinski definition) is 1.